The summed E-state index contributed by atoms with van der Waals surface area (Å²) >= 11 is 12.8. The molecule has 1 atom stereocenters. The van der Waals surface area contributed by atoms with Gasteiger partial charge >= 0.3 is 0 Å². The maximum atomic E-state index is 13.5. The van der Waals surface area contributed by atoms with Gasteiger partial charge in [-0.1, -0.05) is 77.8 Å². The molecule has 6 nitrogen and oxygen atoms in total. The van der Waals surface area contributed by atoms with Crippen molar-refractivity contribution in [3.05, 3.63) is 106 Å². The molecule has 1 amide bonds. The van der Waals surface area contributed by atoms with Gasteiger partial charge in [-0.15, -0.1) is 0 Å². The van der Waals surface area contributed by atoms with Crippen molar-refractivity contribution in [2.45, 2.75) is 49.5 Å². The van der Waals surface area contributed by atoms with Crippen LogP contribution in [0.4, 0.5) is 0 Å². The second-order valence-electron chi connectivity index (χ2n) is 12.2. The molecule has 3 aromatic rings. The molecule has 3 aromatic carbocycles. The number of hydrogen-bond donors (Lipinski definition) is 0. The molecule has 230 valence electrons. The van der Waals surface area contributed by atoms with E-state index in [0.717, 1.165) is 75.8 Å². The summed E-state index contributed by atoms with van der Waals surface area (Å²) < 4.78 is 26.9. The summed E-state index contributed by atoms with van der Waals surface area (Å²) in [4.78, 5) is 17.9. The van der Waals surface area contributed by atoms with E-state index in [9.17, 15) is 13.2 Å². The van der Waals surface area contributed by atoms with Crippen molar-refractivity contribution in [1.82, 2.24) is 14.1 Å². The van der Waals surface area contributed by atoms with Gasteiger partial charge in [-0.3, -0.25) is 4.79 Å². The third-order valence-corrected chi connectivity index (χ3v) is 11.7. The van der Waals surface area contributed by atoms with Gasteiger partial charge in [-0.25, -0.2) is 8.42 Å². The summed E-state index contributed by atoms with van der Waals surface area (Å²) in [6, 6.07) is 25.4. The smallest absolute Gasteiger partial charge is 0.253 e. The minimum absolute atomic E-state index is 0.0630. The molecule has 0 spiro atoms. The van der Waals surface area contributed by atoms with E-state index in [2.05, 4.69) is 11.0 Å². The fourth-order valence-electron chi connectivity index (χ4n) is 7.12. The highest BCUT2D eigenvalue weighted by atomic mass is 35.5. The normalized spacial score (nSPS) is 21.2. The van der Waals surface area contributed by atoms with Crippen molar-refractivity contribution in [3.8, 4) is 0 Å². The lowest BCUT2D eigenvalue weighted by molar-refractivity contribution is 0.0607. The molecule has 9 heteroatoms. The number of likely N-dealkylation sites (tertiary alicyclic amines) is 2. The molecule has 2 aliphatic rings. The zero-order chi connectivity index (χ0) is 30.7. The van der Waals surface area contributed by atoms with E-state index in [-0.39, 0.29) is 11.3 Å². The minimum Gasteiger partial charge on any atom is -0.338 e. The highest BCUT2D eigenvalue weighted by Gasteiger charge is 2.44. The Morgan fingerprint density at radius 1 is 0.860 bits per heavy atom. The minimum atomic E-state index is -3.37. The number of carbonyl (C=O) groups is 1. The van der Waals surface area contributed by atoms with E-state index >= 15 is 0 Å². The van der Waals surface area contributed by atoms with Gasteiger partial charge in [0.2, 0.25) is 10.0 Å². The Kier molecular flexibility index (Phi) is 9.89. The van der Waals surface area contributed by atoms with Crippen LogP contribution in [-0.4, -0.2) is 74.5 Å². The molecule has 2 heterocycles. The molecular formula is C34H41Cl2N3O3S. The number of piperidine rings is 2. The van der Waals surface area contributed by atoms with Gasteiger partial charge in [-0.2, -0.15) is 4.31 Å². The highest BCUT2D eigenvalue weighted by Crippen LogP contribution is 2.42. The van der Waals surface area contributed by atoms with E-state index < -0.39 is 15.6 Å². The van der Waals surface area contributed by atoms with Gasteiger partial charge in [0.15, 0.2) is 0 Å². The van der Waals surface area contributed by atoms with Crippen LogP contribution >= 0.6 is 23.2 Å². The molecule has 43 heavy (non-hydrogen) atoms. The Balaban J connectivity index is 1.31. The van der Waals surface area contributed by atoms with Crippen LogP contribution in [0.25, 0.3) is 0 Å². The van der Waals surface area contributed by atoms with Crippen LogP contribution in [0.1, 0.15) is 60.0 Å². The predicted octanol–water partition coefficient (Wildman–Crippen LogP) is 6.83. The number of carbonyl (C=O) groups excluding carboxylic acids is 1. The average Bonchev–Trinajstić information content (AvgIpc) is 3.02. The maximum absolute atomic E-state index is 13.5. The van der Waals surface area contributed by atoms with E-state index in [1.54, 1.807) is 11.4 Å². The van der Waals surface area contributed by atoms with Gasteiger partial charge in [-0.05, 0) is 80.5 Å². The summed E-state index contributed by atoms with van der Waals surface area (Å²) in [6.45, 7) is 3.90. The molecule has 2 aliphatic heterocycles. The van der Waals surface area contributed by atoms with Crippen molar-refractivity contribution in [3.63, 3.8) is 0 Å². The SMILES string of the molecule is CN(C1(c2ccccc2)CCN(CCCC2(c3ccc(Cl)c(Cl)c3)CCCN(C(=O)c3ccccc3)C2)CC1)S(C)(=O)=O. The molecule has 2 fully saturated rings. The number of sulfonamides is 1. The zero-order valence-corrected chi connectivity index (χ0v) is 27.3. The zero-order valence-electron chi connectivity index (χ0n) is 25.0. The Labute approximate surface area is 266 Å². The van der Waals surface area contributed by atoms with Gasteiger partial charge in [0.25, 0.3) is 5.91 Å². The molecule has 0 radical (unpaired) electrons. The first kappa shape index (κ1) is 32.0. The summed E-state index contributed by atoms with van der Waals surface area (Å²) in [5.74, 6) is 0.0630. The fraction of sp³-hybridized carbons (Fsp3) is 0.441. The van der Waals surface area contributed by atoms with E-state index in [1.165, 1.54) is 6.26 Å². The number of benzene rings is 3. The number of halogens is 2. The van der Waals surface area contributed by atoms with Crippen LogP contribution < -0.4 is 0 Å². The van der Waals surface area contributed by atoms with Crippen molar-refractivity contribution >= 4 is 39.1 Å². The van der Waals surface area contributed by atoms with Gasteiger partial charge in [0, 0.05) is 44.2 Å². The van der Waals surface area contributed by atoms with Gasteiger partial charge in [0.1, 0.15) is 0 Å². The third-order valence-electron chi connectivity index (χ3n) is 9.64. The molecule has 5 rings (SSSR count). The average molecular weight is 643 g/mol. The number of nitrogens with zero attached hydrogens (tertiary/aromatic N) is 3. The number of amides is 1. The number of hydrogen-bond acceptors (Lipinski definition) is 4. The van der Waals surface area contributed by atoms with Crippen LogP contribution in [0.15, 0.2) is 78.9 Å². The quantitative estimate of drug-likeness (QED) is 0.257. The molecule has 0 saturated carbocycles. The molecule has 0 aliphatic carbocycles. The van der Waals surface area contributed by atoms with E-state index in [1.807, 2.05) is 77.7 Å². The summed E-state index contributed by atoms with van der Waals surface area (Å²) in [7, 11) is -1.66. The van der Waals surface area contributed by atoms with E-state index in [4.69, 9.17) is 23.2 Å². The van der Waals surface area contributed by atoms with Crippen LogP contribution in [0.2, 0.25) is 10.0 Å². The van der Waals surface area contributed by atoms with Crippen molar-refractivity contribution < 1.29 is 13.2 Å². The summed E-state index contributed by atoms with van der Waals surface area (Å²) in [5, 5.41) is 1.07. The fourth-order valence-corrected chi connectivity index (χ4v) is 8.34. The lowest BCUT2D eigenvalue weighted by Gasteiger charge is -2.47. The van der Waals surface area contributed by atoms with Crippen molar-refractivity contribution in [2.75, 3.05) is 46.0 Å². The van der Waals surface area contributed by atoms with Crippen LogP contribution in [0.3, 0.4) is 0 Å². The first-order chi connectivity index (χ1) is 20.5. The summed E-state index contributed by atoms with van der Waals surface area (Å²) in [6.07, 6.45) is 6.51. The Hall–Kier alpha value is -2.42. The van der Waals surface area contributed by atoms with Gasteiger partial charge < -0.3 is 9.80 Å². The lowest BCUT2D eigenvalue weighted by Crippen LogP contribution is -2.53. The molecular weight excluding hydrogens is 601 g/mol. The molecule has 1 unspecified atom stereocenters. The lowest BCUT2D eigenvalue weighted by atomic mass is 9.70. The molecule has 2 saturated heterocycles. The Bertz CT molecular complexity index is 1510. The first-order valence-corrected chi connectivity index (χ1v) is 17.7. The van der Waals surface area contributed by atoms with E-state index in [0.29, 0.717) is 22.2 Å². The molecule has 0 N–H and O–H groups in total. The summed E-state index contributed by atoms with van der Waals surface area (Å²) in [5.41, 5.74) is 2.11. The maximum Gasteiger partial charge on any atom is 0.253 e. The highest BCUT2D eigenvalue weighted by molar-refractivity contribution is 7.88. The Morgan fingerprint density at radius 2 is 1.51 bits per heavy atom. The topological polar surface area (TPSA) is 60.9 Å². The third kappa shape index (κ3) is 6.97. The van der Waals surface area contributed by atoms with Crippen LogP contribution in [0.5, 0.6) is 0 Å². The molecule has 0 aromatic heterocycles. The van der Waals surface area contributed by atoms with Crippen LogP contribution in [-0.2, 0) is 21.0 Å². The van der Waals surface area contributed by atoms with Crippen molar-refractivity contribution in [1.29, 1.82) is 0 Å². The van der Waals surface area contributed by atoms with Crippen LogP contribution in [0, 0.1) is 0 Å². The largest absolute Gasteiger partial charge is 0.338 e. The molecule has 0 bridgehead atoms. The second-order valence-corrected chi connectivity index (χ2v) is 15.0. The number of rotatable bonds is 9. The van der Waals surface area contributed by atoms with Gasteiger partial charge in [0.05, 0.1) is 21.8 Å². The standard InChI is InChI=1S/C34H41Cl2N3O3S/c1-37(43(2,41)42)34(28-13-7-4-8-14-28)19-23-38(24-20-34)21-9-17-33(29-15-16-30(35)31(36)25-29)18-10-22-39(26-33)32(40)27-11-5-3-6-12-27/h3-8,11-16,25H,9-10,17-24,26H2,1-2H3. The van der Waals surface area contributed by atoms with Crippen molar-refractivity contribution in [2.24, 2.45) is 0 Å². The first-order valence-electron chi connectivity index (χ1n) is 15.1. The Morgan fingerprint density at radius 3 is 2.14 bits per heavy atom. The predicted molar refractivity (Wildman–Crippen MR) is 175 cm³/mol. The second kappa shape index (κ2) is 13.3. The monoisotopic (exact) mass is 641 g/mol.